The molecule has 0 aliphatic carbocycles. The summed E-state index contributed by atoms with van der Waals surface area (Å²) >= 11 is 1.31. The number of rotatable bonds is 9. The van der Waals surface area contributed by atoms with Crippen molar-refractivity contribution in [2.75, 3.05) is 18.2 Å². The van der Waals surface area contributed by atoms with Gasteiger partial charge in [-0.1, -0.05) is 30.0 Å². The summed E-state index contributed by atoms with van der Waals surface area (Å²) in [6.07, 6.45) is 0. The second-order valence-electron chi connectivity index (χ2n) is 7.14. The van der Waals surface area contributed by atoms with Gasteiger partial charge in [-0.3, -0.25) is 9.59 Å². The number of benzene rings is 2. The molecule has 3 rings (SSSR count). The van der Waals surface area contributed by atoms with Crippen LogP contribution in [-0.2, 0) is 17.9 Å². The maximum Gasteiger partial charge on any atom is 0.251 e. The molecule has 0 unspecified atom stereocenters. The maximum atomic E-state index is 12.5. The molecule has 0 saturated heterocycles. The highest BCUT2D eigenvalue weighted by molar-refractivity contribution is 7.99. The highest BCUT2D eigenvalue weighted by Crippen LogP contribution is 2.21. The van der Waals surface area contributed by atoms with Gasteiger partial charge in [0.1, 0.15) is 5.75 Å². The molecule has 0 radical (unpaired) electrons. The first kappa shape index (κ1) is 23.3. The lowest BCUT2D eigenvalue weighted by molar-refractivity contribution is -0.113. The Labute approximate surface area is 191 Å². The molecule has 0 saturated carbocycles. The first-order valence-electron chi connectivity index (χ1n) is 10.3. The zero-order valence-corrected chi connectivity index (χ0v) is 19.5. The molecule has 168 valence electrons. The zero-order valence-electron chi connectivity index (χ0n) is 18.6. The average Bonchev–Trinajstić information content (AvgIpc) is 3.20. The van der Waals surface area contributed by atoms with Gasteiger partial charge in [-0.15, -0.1) is 10.2 Å². The van der Waals surface area contributed by atoms with Gasteiger partial charge in [0.25, 0.3) is 5.91 Å². The fourth-order valence-electron chi connectivity index (χ4n) is 3.10. The van der Waals surface area contributed by atoms with Crippen molar-refractivity contribution < 1.29 is 14.3 Å². The van der Waals surface area contributed by atoms with Crippen LogP contribution in [0.15, 0.2) is 47.6 Å². The summed E-state index contributed by atoms with van der Waals surface area (Å²) in [5.74, 6) is 1.12. The highest BCUT2D eigenvalue weighted by Gasteiger charge is 2.15. The number of nitrogens with one attached hydrogen (secondary N) is 2. The number of aromatic nitrogens is 3. The number of aryl methyl sites for hydroxylation is 1. The van der Waals surface area contributed by atoms with E-state index in [-0.39, 0.29) is 24.1 Å². The van der Waals surface area contributed by atoms with Crippen LogP contribution in [0, 0.1) is 13.8 Å². The van der Waals surface area contributed by atoms with E-state index in [0.717, 1.165) is 16.8 Å². The number of ether oxygens (including phenoxy) is 1. The number of nitrogens with zero attached hydrogens (tertiary/aromatic N) is 3. The predicted molar refractivity (Wildman–Crippen MR) is 125 cm³/mol. The van der Waals surface area contributed by atoms with Crippen LogP contribution in [0.4, 0.5) is 5.69 Å². The molecule has 0 spiro atoms. The number of hydrogen-bond acceptors (Lipinski definition) is 6. The Morgan fingerprint density at radius 2 is 1.91 bits per heavy atom. The molecule has 1 aromatic heterocycles. The van der Waals surface area contributed by atoms with E-state index >= 15 is 0 Å². The number of carbonyl (C=O) groups is 2. The standard InChI is InChI=1S/C23H27N5O3S/c1-5-28-20(13-24-22(30)17-9-7-10-18(12-17)31-4)26-27-23(28)32-14-21(29)25-19-11-6-8-15(2)16(19)3/h6-12H,5,13-14H2,1-4H3,(H,24,30)(H,25,29). The first-order valence-corrected chi connectivity index (χ1v) is 11.2. The minimum absolute atomic E-state index is 0.109. The lowest BCUT2D eigenvalue weighted by Crippen LogP contribution is -2.24. The third-order valence-electron chi connectivity index (χ3n) is 5.06. The Balaban J connectivity index is 1.58. The van der Waals surface area contributed by atoms with Crippen molar-refractivity contribution in [2.45, 2.75) is 39.0 Å². The third kappa shape index (κ3) is 5.67. The van der Waals surface area contributed by atoms with Crippen molar-refractivity contribution in [1.82, 2.24) is 20.1 Å². The van der Waals surface area contributed by atoms with Crippen molar-refractivity contribution >= 4 is 29.3 Å². The molecule has 1 heterocycles. The molecule has 0 aliphatic heterocycles. The van der Waals surface area contributed by atoms with Gasteiger partial charge in [0.2, 0.25) is 5.91 Å². The topological polar surface area (TPSA) is 98.1 Å². The van der Waals surface area contributed by atoms with E-state index in [4.69, 9.17) is 4.74 Å². The minimum atomic E-state index is -0.225. The Morgan fingerprint density at radius 1 is 1.12 bits per heavy atom. The highest BCUT2D eigenvalue weighted by atomic mass is 32.2. The first-order chi connectivity index (χ1) is 15.4. The van der Waals surface area contributed by atoms with Gasteiger partial charge in [-0.2, -0.15) is 0 Å². The molecule has 2 amide bonds. The van der Waals surface area contributed by atoms with Crippen molar-refractivity contribution in [3.8, 4) is 5.75 Å². The van der Waals surface area contributed by atoms with Crippen LogP contribution in [0.1, 0.15) is 34.2 Å². The molecule has 32 heavy (non-hydrogen) atoms. The van der Waals surface area contributed by atoms with Crippen LogP contribution < -0.4 is 15.4 Å². The van der Waals surface area contributed by atoms with Crippen molar-refractivity contribution in [3.05, 3.63) is 65.0 Å². The van der Waals surface area contributed by atoms with Crippen molar-refractivity contribution in [2.24, 2.45) is 0 Å². The van der Waals surface area contributed by atoms with Crippen LogP contribution in [-0.4, -0.2) is 39.4 Å². The number of thioether (sulfide) groups is 1. The Morgan fingerprint density at radius 3 is 2.66 bits per heavy atom. The van der Waals surface area contributed by atoms with Gasteiger partial charge < -0.3 is 19.9 Å². The fraction of sp³-hybridized carbons (Fsp3) is 0.304. The van der Waals surface area contributed by atoms with Crippen LogP contribution in [0.2, 0.25) is 0 Å². The van der Waals surface area contributed by atoms with Crippen molar-refractivity contribution in [3.63, 3.8) is 0 Å². The molecule has 9 heteroatoms. The zero-order chi connectivity index (χ0) is 23.1. The fourth-order valence-corrected chi connectivity index (χ4v) is 3.92. The third-order valence-corrected chi connectivity index (χ3v) is 6.03. The summed E-state index contributed by atoms with van der Waals surface area (Å²) in [5.41, 5.74) is 3.50. The largest absolute Gasteiger partial charge is 0.497 e. The number of hydrogen-bond donors (Lipinski definition) is 2. The molecule has 3 aromatic rings. The summed E-state index contributed by atoms with van der Waals surface area (Å²) in [4.78, 5) is 24.9. The smallest absolute Gasteiger partial charge is 0.251 e. The van der Waals surface area contributed by atoms with Gasteiger partial charge in [0, 0.05) is 17.8 Å². The number of methoxy groups -OCH3 is 1. The van der Waals surface area contributed by atoms with Crippen molar-refractivity contribution in [1.29, 1.82) is 0 Å². The number of carbonyl (C=O) groups excluding carboxylic acids is 2. The van der Waals surface area contributed by atoms with Gasteiger partial charge in [0.15, 0.2) is 11.0 Å². The van der Waals surface area contributed by atoms with Gasteiger partial charge in [-0.05, 0) is 56.2 Å². The average molecular weight is 454 g/mol. The summed E-state index contributed by atoms with van der Waals surface area (Å²) in [5, 5.41) is 14.8. The van der Waals surface area contributed by atoms with E-state index in [9.17, 15) is 9.59 Å². The lowest BCUT2D eigenvalue weighted by Gasteiger charge is -2.11. The maximum absolute atomic E-state index is 12.5. The van der Waals surface area contributed by atoms with Crippen LogP contribution in [0.3, 0.4) is 0 Å². The van der Waals surface area contributed by atoms with Gasteiger partial charge >= 0.3 is 0 Å². The molecule has 2 N–H and O–H groups in total. The second kappa shape index (κ2) is 10.8. The Bertz CT molecular complexity index is 1110. The van der Waals surface area contributed by atoms with E-state index in [1.165, 1.54) is 11.8 Å². The monoisotopic (exact) mass is 453 g/mol. The Hall–Kier alpha value is -3.33. The molecule has 0 bridgehead atoms. The minimum Gasteiger partial charge on any atom is -0.497 e. The summed E-state index contributed by atoms with van der Waals surface area (Å²) in [6, 6.07) is 12.8. The predicted octanol–water partition coefficient (Wildman–Crippen LogP) is 3.58. The molecular formula is C23H27N5O3S. The van der Waals surface area contributed by atoms with E-state index < -0.39 is 0 Å². The molecule has 0 fully saturated rings. The second-order valence-corrected chi connectivity index (χ2v) is 8.08. The van der Waals surface area contributed by atoms with E-state index in [2.05, 4.69) is 20.8 Å². The lowest BCUT2D eigenvalue weighted by atomic mass is 10.1. The van der Waals surface area contributed by atoms with Gasteiger partial charge in [0.05, 0.1) is 19.4 Å². The summed E-state index contributed by atoms with van der Waals surface area (Å²) < 4.78 is 7.05. The van der Waals surface area contributed by atoms with Crippen LogP contribution in [0.5, 0.6) is 5.75 Å². The molecular weight excluding hydrogens is 426 g/mol. The summed E-state index contributed by atoms with van der Waals surface area (Å²) in [7, 11) is 1.56. The van der Waals surface area contributed by atoms with Crippen LogP contribution in [0.25, 0.3) is 0 Å². The van der Waals surface area contributed by atoms with E-state index in [0.29, 0.717) is 28.8 Å². The molecule has 8 nitrogen and oxygen atoms in total. The molecule has 2 aromatic carbocycles. The number of amides is 2. The molecule has 0 aliphatic rings. The van der Waals surface area contributed by atoms with Gasteiger partial charge in [-0.25, -0.2) is 0 Å². The van der Waals surface area contributed by atoms with Crippen LogP contribution >= 0.6 is 11.8 Å². The number of anilines is 1. The summed E-state index contributed by atoms with van der Waals surface area (Å²) in [6.45, 7) is 6.82. The van der Waals surface area contributed by atoms with E-state index in [1.54, 1.807) is 31.4 Å². The SMILES string of the molecule is CCn1c(CNC(=O)c2cccc(OC)c2)nnc1SCC(=O)Nc1cccc(C)c1C. The Kier molecular flexibility index (Phi) is 7.88. The quantitative estimate of drug-likeness (QED) is 0.481. The van der Waals surface area contributed by atoms with E-state index in [1.807, 2.05) is 43.5 Å². The molecule has 0 atom stereocenters. The normalized spacial score (nSPS) is 10.6.